The van der Waals surface area contributed by atoms with E-state index in [1.165, 1.54) is 12.6 Å². The molecule has 22 heavy (non-hydrogen) atoms. The highest BCUT2D eigenvalue weighted by Gasteiger charge is 2.29. The van der Waals surface area contributed by atoms with Gasteiger partial charge in [-0.3, -0.25) is 4.79 Å². The summed E-state index contributed by atoms with van der Waals surface area (Å²) in [6.45, 7) is 1.58. The number of carbonyl (C=O) groups is 1. The van der Waals surface area contributed by atoms with Gasteiger partial charge in [0.15, 0.2) is 6.39 Å². The predicted molar refractivity (Wildman–Crippen MR) is 78.2 cm³/mol. The lowest BCUT2D eigenvalue weighted by atomic mass is 10.1. The van der Waals surface area contributed by atoms with Crippen molar-refractivity contribution in [1.82, 2.24) is 10.3 Å². The SMILES string of the molecule is O=C(NC1COCCC1OCc1ccccc1)c1cnco1. The molecule has 0 bridgehead atoms. The summed E-state index contributed by atoms with van der Waals surface area (Å²) < 4.78 is 16.4. The number of hydrogen-bond acceptors (Lipinski definition) is 5. The maximum atomic E-state index is 12.0. The average molecular weight is 302 g/mol. The lowest BCUT2D eigenvalue weighted by molar-refractivity contribution is -0.0606. The minimum atomic E-state index is -0.304. The van der Waals surface area contributed by atoms with Gasteiger partial charge in [0, 0.05) is 6.61 Å². The third kappa shape index (κ3) is 3.72. The van der Waals surface area contributed by atoms with Crippen LogP contribution in [0.1, 0.15) is 22.5 Å². The van der Waals surface area contributed by atoms with Crippen molar-refractivity contribution in [2.75, 3.05) is 13.2 Å². The Bertz CT molecular complexity index is 585. The number of aromatic nitrogens is 1. The number of nitrogens with zero attached hydrogens (tertiary/aromatic N) is 1. The first-order valence-corrected chi connectivity index (χ1v) is 7.25. The fourth-order valence-corrected chi connectivity index (χ4v) is 2.40. The highest BCUT2D eigenvalue weighted by molar-refractivity contribution is 5.91. The number of nitrogens with one attached hydrogen (secondary N) is 1. The predicted octanol–water partition coefficient (Wildman–Crippen LogP) is 1.78. The second-order valence-corrected chi connectivity index (χ2v) is 5.14. The molecule has 1 aromatic carbocycles. The van der Waals surface area contributed by atoms with Crippen LogP contribution in [-0.2, 0) is 16.1 Å². The summed E-state index contributed by atoms with van der Waals surface area (Å²) in [5, 5.41) is 2.88. The normalized spacial score (nSPS) is 21.5. The van der Waals surface area contributed by atoms with E-state index in [9.17, 15) is 4.79 Å². The Morgan fingerprint density at radius 1 is 1.36 bits per heavy atom. The van der Waals surface area contributed by atoms with Crippen LogP contribution >= 0.6 is 0 Å². The maximum Gasteiger partial charge on any atom is 0.289 e. The molecule has 1 aromatic heterocycles. The van der Waals surface area contributed by atoms with Gasteiger partial charge in [-0.2, -0.15) is 0 Å². The first kappa shape index (κ1) is 14.7. The monoisotopic (exact) mass is 302 g/mol. The van der Waals surface area contributed by atoms with Gasteiger partial charge in [0.05, 0.1) is 31.6 Å². The van der Waals surface area contributed by atoms with E-state index in [0.717, 1.165) is 12.0 Å². The van der Waals surface area contributed by atoms with Gasteiger partial charge >= 0.3 is 0 Å². The first-order valence-electron chi connectivity index (χ1n) is 7.25. The fourth-order valence-electron chi connectivity index (χ4n) is 2.40. The zero-order valence-electron chi connectivity index (χ0n) is 12.1. The van der Waals surface area contributed by atoms with Crippen molar-refractivity contribution in [3.8, 4) is 0 Å². The summed E-state index contributed by atoms with van der Waals surface area (Å²) in [6.07, 6.45) is 3.28. The number of oxazole rings is 1. The molecule has 3 rings (SSSR count). The second kappa shape index (κ2) is 7.20. The van der Waals surface area contributed by atoms with E-state index in [1.54, 1.807) is 0 Å². The average Bonchev–Trinajstić information content (AvgIpc) is 3.10. The van der Waals surface area contributed by atoms with Crippen LogP contribution < -0.4 is 5.32 Å². The van der Waals surface area contributed by atoms with Crippen LogP contribution in [0.5, 0.6) is 0 Å². The molecule has 0 aliphatic carbocycles. The lowest BCUT2D eigenvalue weighted by Gasteiger charge is -2.31. The summed E-state index contributed by atoms with van der Waals surface area (Å²) >= 11 is 0. The van der Waals surface area contributed by atoms with Crippen molar-refractivity contribution >= 4 is 5.91 Å². The molecule has 2 aromatic rings. The molecule has 0 saturated carbocycles. The lowest BCUT2D eigenvalue weighted by Crippen LogP contribution is -2.50. The Balaban J connectivity index is 1.57. The molecule has 2 atom stereocenters. The first-order chi connectivity index (χ1) is 10.8. The molecule has 0 radical (unpaired) electrons. The highest BCUT2D eigenvalue weighted by atomic mass is 16.5. The molecule has 2 heterocycles. The molecule has 6 nitrogen and oxygen atoms in total. The van der Waals surface area contributed by atoms with Crippen LogP contribution in [0.25, 0.3) is 0 Å². The van der Waals surface area contributed by atoms with E-state index in [1.807, 2.05) is 30.3 Å². The number of amides is 1. The zero-order valence-corrected chi connectivity index (χ0v) is 12.1. The van der Waals surface area contributed by atoms with E-state index in [-0.39, 0.29) is 23.8 Å². The second-order valence-electron chi connectivity index (χ2n) is 5.14. The van der Waals surface area contributed by atoms with Crippen molar-refractivity contribution in [2.45, 2.75) is 25.2 Å². The molecule has 0 spiro atoms. The molecule has 1 fully saturated rings. The summed E-state index contributed by atoms with van der Waals surface area (Å²) in [6, 6.07) is 9.76. The van der Waals surface area contributed by atoms with Crippen LogP contribution in [0, 0.1) is 0 Å². The summed E-state index contributed by atoms with van der Waals surface area (Å²) in [7, 11) is 0. The number of benzene rings is 1. The van der Waals surface area contributed by atoms with Gasteiger partial charge in [0.1, 0.15) is 0 Å². The van der Waals surface area contributed by atoms with E-state index < -0.39 is 0 Å². The third-order valence-electron chi connectivity index (χ3n) is 3.57. The van der Waals surface area contributed by atoms with Gasteiger partial charge in [0.2, 0.25) is 5.76 Å². The standard InChI is InChI=1S/C16H18N2O4/c19-16(15-8-17-11-22-15)18-13-10-20-7-6-14(13)21-9-12-4-2-1-3-5-12/h1-5,8,11,13-14H,6-7,9-10H2,(H,18,19). The van der Waals surface area contributed by atoms with Crippen molar-refractivity contribution in [2.24, 2.45) is 0 Å². The van der Waals surface area contributed by atoms with E-state index in [2.05, 4.69) is 10.3 Å². The Kier molecular flexibility index (Phi) is 4.82. The Morgan fingerprint density at radius 3 is 3.00 bits per heavy atom. The molecule has 1 N–H and O–H groups in total. The molecule has 116 valence electrons. The Labute approximate surface area is 128 Å². The Hall–Kier alpha value is -2.18. The molecule has 1 aliphatic rings. The van der Waals surface area contributed by atoms with Crippen molar-refractivity contribution < 1.29 is 18.7 Å². The molecule has 1 amide bonds. The number of carbonyl (C=O) groups excluding carboxylic acids is 1. The van der Waals surface area contributed by atoms with Gasteiger partial charge in [0.25, 0.3) is 5.91 Å². The largest absolute Gasteiger partial charge is 0.438 e. The fraction of sp³-hybridized carbons (Fsp3) is 0.375. The highest BCUT2D eigenvalue weighted by Crippen LogP contribution is 2.15. The van der Waals surface area contributed by atoms with E-state index >= 15 is 0 Å². The van der Waals surface area contributed by atoms with E-state index in [4.69, 9.17) is 13.9 Å². The van der Waals surface area contributed by atoms with Crippen molar-refractivity contribution in [3.63, 3.8) is 0 Å². The number of ether oxygens (including phenoxy) is 2. The molecular weight excluding hydrogens is 284 g/mol. The minimum Gasteiger partial charge on any atom is -0.438 e. The minimum absolute atomic E-state index is 0.0826. The molecule has 2 unspecified atom stereocenters. The topological polar surface area (TPSA) is 73.6 Å². The van der Waals surface area contributed by atoms with Gasteiger partial charge in [-0.05, 0) is 12.0 Å². The molecule has 1 aliphatic heterocycles. The van der Waals surface area contributed by atoms with Crippen LogP contribution in [-0.4, -0.2) is 36.3 Å². The summed E-state index contributed by atoms with van der Waals surface area (Å²) in [5.74, 6) is -0.117. The van der Waals surface area contributed by atoms with Crippen LogP contribution in [0.3, 0.4) is 0 Å². The van der Waals surface area contributed by atoms with Gasteiger partial charge in [-0.25, -0.2) is 4.98 Å². The van der Waals surface area contributed by atoms with Gasteiger partial charge < -0.3 is 19.2 Å². The van der Waals surface area contributed by atoms with Gasteiger partial charge in [-0.15, -0.1) is 0 Å². The molecule has 1 saturated heterocycles. The number of rotatable bonds is 5. The number of hydrogen-bond donors (Lipinski definition) is 1. The molecular formula is C16H18N2O4. The summed E-state index contributed by atoms with van der Waals surface area (Å²) in [5.41, 5.74) is 1.11. The van der Waals surface area contributed by atoms with E-state index in [0.29, 0.717) is 19.8 Å². The van der Waals surface area contributed by atoms with Crippen LogP contribution in [0.15, 0.2) is 47.3 Å². The van der Waals surface area contributed by atoms with Crippen LogP contribution in [0.4, 0.5) is 0 Å². The van der Waals surface area contributed by atoms with Crippen molar-refractivity contribution in [1.29, 1.82) is 0 Å². The quantitative estimate of drug-likeness (QED) is 0.911. The zero-order chi connectivity index (χ0) is 15.2. The van der Waals surface area contributed by atoms with Crippen molar-refractivity contribution in [3.05, 3.63) is 54.2 Å². The third-order valence-corrected chi connectivity index (χ3v) is 3.57. The van der Waals surface area contributed by atoms with Crippen LogP contribution in [0.2, 0.25) is 0 Å². The smallest absolute Gasteiger partial charge is 0.289 e. The summed E-state index contributed by atoms with van der Waals surface area (Å²) in [4.78, 5) is 15.8. The maximum absolute atomic E-state index is 12.0. The van der Waals surface area contributed by atoms with Gasteiger partial charge in [-0.1, -0.05) is 30.3 Å². The molecule has 6 heteroatoms. The Morgan fingerprint density at radius 2 is 2.23 bits per heavy atom.